The van der Waals surface area contributed by atoms with Gasteiger partial charge in [-0.3, -0.25) is 4.79 Å². The average Bonchev–Trinajstić information content (AvgIpc) is 3.36. The van der Waals surface area contributed by atoms with Crippen molar-refractivity contribution in [3.05, 3.63) is 77.2 Å². The van der Waals surface area contributed by atoms with Crippen molar-refractivity contribution in [2.24, 2.45) is 0 Å². The van der Waals surface area contributed by atoms with Crippen molar-refractivity contribution in [2.75, 3.05) is 24.1 Å². The zero-order valence-corrected chi connectivity index (χ0v) is 23.5. The predicted molar refractivity (Wildman–Crippen MR) is 150 cm³/mol. The van der Waals surface area contributed by atoms with Gasteiger partial charge >= 0.3 is 6.01 Å². The number of nitrogens with one attached hydrogen (secondary N) is 3. The van der Waals surface area contributed by atoms with Crippen molar-refractivity contribution in [3.63, 3.8) is 0 Å². The molecule has 0 aliphatic rings. The third kappa shape index (κ3) is 10.3. The van der Waals surface area contributed by atoms with Gasteiger partial charge in [-0.05, 0) is 48.1 Å². The highest BCUT2D eigenvalue weighted by molar-refractivity contribution is 7.91. The molecule has 0 saturated heterocycles. The highest BCUT2D eigenvalue weighted by Gasteiger charge is 2.24. The molecule has 1 amide bonds. The number of amides is 1. The van der Waals surface area contributed by atoms with Gasteiger partial charge in [0, 0.05) is 13.1 Å². The molecule has 0 radical (unpaired) electrons. The van der Waals surface area contributed by atoms with Crippen LogP contribution in [0.1, 0.15) is 53.9 Å². The van der Waals surface area contributed by atoms with Crippen LogP contribution in [0.25, 0.3) is 0 Å². The molecule has 2 atom stereocenters. The smallest absolute Gasteiger partial charge is 0.309 e. The zero-order valence-electron chi connectivity index (χ0n) is 22.6. The number of carbonyl (C=O) groups is 1. The summed E-state index contributed by atoms with van der Waals surface area (Å²) in [6, 6.07) is 14.8. The normalized spacial score (nSPS) is 13.0. The first-order chi connectivity index (χ1) is 18.7. The molecule has 3 aromatic rings. The van der Waals surface area contributed by atoms with E-state index in [0.29, 0.717) is 19.6 Å². The quantitative estimate of drug-likeness (QED) is 0.196. The van der Waals surface area contributed by atoms with E-state index >= 15 is 0 Å². The molecular formula is C28H38N4O6S. The lowest BCUT2D eigenvalue weighted by Crippen LogP contribution is -2.48. The van der Waals surface area contributed by atoms with Crippen LogP contribution in [0.2, 0.25) is 0 Å². The molecule has 1 heterocycles. The summed E-state index contributed by atoms with van der Waals surface area (Å²) < 4.78 is 35.8. The molecule has 0 aliphatic heterocycles. The van der Waals surface area contributed by atoms with Crippen molar-refractivity contribution in [3.8, 4) is 5.75 Å². The summed E-state index contributed by atoms with van der Waals surface area (Å²) in [5.74, 6) is 0.123. The Morgan fingerprint density at radius 3 is 2.59 bits per heavy atom. The number of hydrogen-bond acceptors (Lipinski definition) is 8. The molecule has 39 heavy (non-hydrogen) atoms. The van der Waals surface area contributed by atoms with Gasteiger partial charge in [0.05, 0.1) is 25.0 Å². The summed E-state index contributed by atoms with van der Waals surface area (Å²) >= 11 is 0. The van der Waals surface area contributed by atoms with E-state index in [1.54, 1.807) is 0 Å². The van der Waals surface area contributed by atoms with E-state index in [9.17, 15) is 18.3 Å². The summed E-state index contributed by atoms with van der Waals surface area (Å²) in [5.41, 5.74) is 3.11. The molecule has 0 bridgehead atoms. The first kappa shape index (κ1) is 30.1. The SMILES string of the molecule is CCCCOc1cccc(CC(NC(=O)c2coc(NS(C)(=O)=O)n2)C(O)CNCc2cccc(CC)c2)c1. The highest BCUT2D eigenvalue weighted by atomic mass is 32.2. The molecule has 3 rings (SSSR count). The van der Waals surface area contributed by atoms with E-state index in [1.165, 1.54) is 5.56 Å². The number of oxazole rings is 1. The van der Waals surface area contributed by atoms with Crippen molar-refractivity contribution in [1.82, 2.24) is 15.6 Å². The van der Waals surface area contributed by atoms with Crippen molar-refractivity contribution >= 4 is 21.9 Å². The summed E-state index contributed by atoms with van der Waals surface area (Å²) in [7, 11) is -3.62. The lowest BCUT2D eigenvalue weighted by molar-refractivity contribution is 0.0825. The second kappa shape index (κ2) is 14.7. The Labute approximate surface area is 230 Å². The number of unbranched alkanes of at least 4 members (excludes halogenated alkanes) is 1. The number of aliphatic hydroxyl groups is 1. The number of aromatic nitrogens is 1. The van der Waals surface area contributed by atoms with Crippen LogP contribution in [0.15, 0.2) is 59.2 Å². The highest BCUT2D eigenvalue weighted by Crippen LogP contribution is 2.17. The van der Waals surface area contributed by atoms with Gasteiger partial charge in [-0.2, -0.15) is 4.98 Å². The summed E-state index contributed by atoms with van der Waals surface area (Å²) in [5, 5.41) is 17.2. The van der Waals surface area contributed by atoms with Gasteiger partial charge in [0.25, 0.3) is 5.91 Å². The van der Waals surface area contributed by atoms with Gasteiger partial charge in [-0.15, -0.1) is 0 Å². The lowest BCUT2D eigenvalue weighted by atomic mass is 10.0. The molecule has 10 nitrogen and oxygen atoms in total. The van der Waals surface area contributed by atoms with Gasteiger partial charge in [0.2, 0.25) is 10.0 Å². The fraction of sp³-hybridized carbons (Fsp3) is 0.429. The van der Waals surface area contributed by atoms with Crippen LogP contribution in [0, 0.1) is 0 Å². The van der Waals surface area contributed by atoms with Crippen LogP contribution in [0.3, 0.4) is 0 Å². The standard InChI is InChI=1S/C28H38N4O6S/c1-4-6-13-37-23-12-8-10-21(15-23)16-24(26(33)18-29-17-22-11-7-9-20(5-2)14-22)30-27(34)25-19-38-28(31-25)32-39(3,35)36/h7-12,14-15,19,24,26,29,33H,4-6,13,16-18H2,1-3H3,(H,30,34)(H,31,32). The maximum Gasteiger partial charge on any atom is 0.309 e. The number of aryl methyl sites for hydroxylation is 1. The molecule has 4 N–H and O–H groups in total. The second-order valence-corrected chi connectivity index (χ2v) is 11.2. The molecule has 1 aromatic heterocycles. The molecular weight excluding hydrogens is 520 g/mol. The third-order valence-corrected chi connectivity index (χ3v) is 6.54. The maximum atomic E-state index is 13.0. The molecule has 2 unspecified atom stereocenters. The van der Waals surface area contributed by atoms with Crippen LogP contribution in [-0.2, 0) is 29.4 Å². The van der Waals surface area contributed by atoms with Crippen molar-refractivity contribution in [1.29, 1.82) is 0 Å². The van der Waals surface area contributed by atoms with Crippen LogP contribution in [0.4, 0.5) is 6.01 Å². The van der Waals surface area contributed by atoms with Gasteiger partial charge in [0.1, 0.15) is 12.0 Å². The van der Waals surface area contributed by atoms with Gasteiger partial charge in [-0.25, -0.2) is 13.1 Å². The number of carbonyl (C=O) groups excluding carboxylic acids is 1. The molecule has 2 aromatic carbocycles. The molecule has 0 saturated carbocycles. The van der Waals surface area contributed by atoms with E-state index in [-0.39, 0.29) is 18.3 Å². The fourth-order valence-electron chi connectivity index (χ4n) is 3.93. The van der Waals surface area contributed by atoms with Gasteiger partial charge < -0.3 is 24.9 Å². The summed E-state index contributed by atoms with van der Waals surface area (Å²) in [6.07, 6.45) is 4.32. The zero-order chi connectivity index (χ0) is 28.3. The molecule has 0 aliphatic carbocycles. The Morgan fingerprint density at radius 1 is 1.10 bits per heavy atom. The van der Waals surface area contributed by atoms with E-state index < -0.39 is 28.1 Å². The number of nitrogens with zero attached hydrogens (tertiary/aromatic N) is 1. The summed E-state index contributed by atoms with van der Waals surface area (Å²) in [6.45, 7) is 5.60. The van der Waals surface area contributed by atoms with E-state index in [2.05, 4.69) is 46.3 Å². The van der Waals surface area contributed by atoms with Crippen molar-refractivity contribution < 1.29 is 27.5 Å². The number of hydrogen-bond donors (Lipinski definition) is 4. The van der Waals surface area contributed by atoms with Gasteiger partial charge in [0.15, 0.2) is 5.69 Å². The Hall–Kier alpha value is -3.41. The van der Waals surface area contributed by atoms with E-state index in [4.69, 9.17) is 9.15 Å². The molecule has 0 spiro atoms. The van der Waals surface area contributed by atoms with E-state index in [1.807, 2.05) is 36.4 Å². The minimum absolute atomic E-state index is 0.112. The van der Waals surface area contributed by atoms with Crippen LogP contribution >= 0.6 is 0 Å². The predicted octanol–water partition coefficient (Wildman–Crippen LogP) is 3.28. The summed E-state index contributed by atoms with van der Waals surface area (Å²) in [4.78, 5) is 16.9. The molecule has 0 fully saturated rings. The molecule has 11 heteroatoms. The number of aliphatic hydroxyl groups excluding tert-OH is 1. The second-order valence-electron chi connectivity index (χ2n) is 9.42. The van der Waals surface area contributed by atoms with Gasteiger partial charge in [-0.1, -0.05) is 56.7 Å². The number of sulfonamides is 1. The Morgan fingerprint density at radius 2 is 1.85 bits per heavy atom. The number of benzene rings is 2. The molecule has 212 valence electrons. The first-order valence-corrected chi connectivity index (χ1v) is 15.0. The monoisotopic (exact) mass is 558 g/mol. The van der Waals surface area contributed by atoms with Crippen LogP contribution < -0.4 is 20.1 Å². The minimum Gasteiger partial charge on any atom is -0.494 e. The average molecular weight is 559 g/mol. The fourth-order valence-corrected chi connectivity index (χ4v) is 4.34. The Kier molecular flexibility index (Phi) is 11.3. The largest absolute Gasteiger partial charge is 0.494 e. The maximum absolute atomic E-state index is 13.0. The van der Waals surface area contributed by atoms with Crippen LogP contribution in [-0.4, -0.2) is 56.0 Å². The van der Waals surface area contributed by atoms with Crippen LogP contribution in [0.5, 0.6) is 5.75 Å². The topological polar surface area (TPSA) is 143 Å². The number of rotatable bonds is 16. The van der Waals surface area contributed by atoms with Crippen molar-refractivity contribution in [2.45, 2.75) is 58.2 Å². The van der Waals surface area contributed by atoms with E-state index in [0.717, 1.165) is 48.7 Å². The minimum atomic E-state index is -3.62. The number of ether oxygens (including phenoxy) is 1. The third-order valence-electron chi connectivity index (χ3n) is 5.99. The number of anilines is 1. The first-order valence-electron chi connectivity index (χ1n) is 13.1. The Bertz CT molecular complexity index is 1310. The Balaban J connectivity index is 1.70. The lowest BCUT2D eigenvalue weighted by Gasteiger charge is -2.25.